The average Bonchev–Trinajstić information content (AvgIpc) is 2.64. The molecule has 0 aliphatic heterocycles. The highest BCUT2D eigenvalue weighted by atomic mass is 16.5. The molecular formula is C20H19N3O3. The van der Waals surface area contributed by atoms with Gasteiger partial charge in [-0.2, -0.15) is 0 Å². The molecule has 1 heterocycles. The highest BCUT2D eigenvalue weighted by Gasteiger charge is 2.12. The highest BCUT2D eigenvalue weighted by molar-refractivity contribution is 6.03. The SMILES string of the molecule is COc1ccc(Cc2nc(C(=O)Nc3ccccc3C)cc(=O)[nH]2)cc1. The maximum absolute atomic E-state index is 12.5. The maximum Gasteiger partial charge on any atom is 0.274 e. The lowest BCUT2D eigenvalue weighted by atomic mass is 10.1. The number of methoxy groups -OCH3 is 1. The van der Waals surface area contributed by atoms with Crippen LogP contribution >= 0.6 is 0 Å². The molecule has 6 nitrogen and oxygen atoms in total. The molecule has 0 fully saturated rings. The van der Waals surface area contributed by atoms with E-state index in [4.69, 9.17) is 4.74 Å². The lowest BCUT2D eigenvalue weighted by Crippen LogP contribution is -2.20. The summed E-state index contributed by atoms with van der Waals surface area (Å²) >= 11 is 0. The first-order valence-electron chi connectivity index (χ1n) is 8.15. The number of nitrogens with one attached hydrogen (secondary N) is 2. The Morgan fingerprint density at radius 2 is 1.88 bits per heavy atom. The van der Waals surface area contributed by atoms with E-state index in [1.807, 2.05) is 49.4 Å². The van der Waals surface area contributed by atoms with Crippen LogP contribution in [0.15, 0.2) is 59.4 Å². The number of anilines is 1. The van der Waals surface area contributed by atoms with Gasteiger partial charge in [0.05, 0.1) is 7.11 Å². The Hall–Kier alpha value is -3.41. The van der Waals surface area contributed by atoms with Crippen molar-refractivity contribution in [2.24, 2.45) is 0 Å². The van der Waals surface area contributed by atoms with Crippen molar-refractivity contribution >= 4 is 11.6 Å². The molecule has 1 amide bonds. The number of nitrogens with zero attached hydrogens (tertiary/aromatic N) is 1. The molecule has 3 aromatic rings. The molecular weight excluding hydrogens is 330 g/mol. The van der Waals surface area contributed by atoms with Crippen molar-refractivity contribution in [2.45, 2.75) is 13.3 Å². The van der Waals surface area contributed by atoms with E-state index in [1.54, 1.807) is 13.2 Å². The van der Waals surface area contributed by atoms with Crippen LogP contribution in [0.1, 0.15) is 27.4 Å². The first-order chi connectivity index (χ1) is 12.5. The second-order valence-electron chi connectivity index (χ2n) is 5.87. The van der Waals surface area contributed by atoms with Gasteiger partial charge < -0.3 is 15.0 Å². The van der Waals surface area contributed by atoms with Gasteiger partial charge in [0, 0.05) is 18.2 Å². The molecule has 6 heteroatoms. The normalized spacial score (nSPS) is 10.4. The van der Waals surface area contributed by atoms with E-state index in [1.165, 1.54) is 6.07 Å². The zero-order valence-corrected chi connectivity index (χ0v) is 14.6. The number of carbonyl (C=O) groups excluding carboxylic acids is 1. The Kier molecular flexibility index (Phi) is 5.12. The van der Waals surface area contributed by atoms with E-state index in [2.05, 4.69) is 15.3 Å². The monoisotopic (exact) mass is 349 g/mol. The summed E-state index contributed by atoms with van der Waals surface area (Å²) in [5, 5.41) is 2.79. The molecule has 26 heavy (non-hydrogen) atoms. The van der Waals surface area contributed by atoms with Crippen molar-refractivity contribution in [1.82, 2.24) is 9.97 Å². The second kappa shape index (κ2) is 7.65. The summed E-state index contributed by atoms with van der Waals surface area (Å²) in [6, 6.07) is 16.1. The largest absolute Gasteiger partial charge is 0.497 e. The van der Waals surface area contributed by atoms with Crippen molar-refractivity contribution in [3.63, 3.8) is 0 Å². The van der Waals surface area contributed by atoms with Gasteiger partial charge in [0.15, 0.2) is 0 Å². The quantitative estimate of drug-likeness (QED) is 0.742. The smallest absolute Gasteiger partial charge is 0.274 e. The number of aromatic amines is 1. The minimum absolute atomic E-state index is 0.0838. The summed E-state index contributed by atoms with van der Waals surface area (Å²) in [6.45, 7) is 1.90. The van der Waals surface area contributed by atoms with Crippen molar-refractivity contribution in [2.75, 3.05) is 12.4 Å². The minimum atomic E-state index is -0.415. The molecule has 2 aromatic carbocycles. The van der Waals surface area contributed by atoms with Gasteiger partial charge in [0.1, 0.15) is 17.3 Å². The predicted octanol–water partition coefficient (Wildman–Crippen LogP) is 2.93. The molecule has 0 saturated carbocycles. The molecule has 0 aliphatic carbocycles. The van der Waals surface area contributed by atoms with Crippen molar-refractivity contribution in [1.29, 1.82) is 0 Å². The summed E-state index contributed by atoms with van der Waals surface area (Å²) in [6.07, 6.45) is 0.407. The van der Waals surface area contributed by atoms with Crippen LogP contribution in [0.3, 0.4) is 0 Å². The van der Waals surface area contributed by atoms with E-state index in [0.717, 1.165) is 16.9 Å². The number of carbonyl (C=O) groups is 1. The van der Waals surface area contributed by atoms with Gasteiger partial charge in [0.2, 0.25) is 0 Å². The van der Waals surface area contributed by atoms with Crippen LogP contribution in [0.4, 0.5) is 5.69 Å². The number of para-hydroxylation sites is 1. The molecule has 3 rings (SSSR count). The fraction of sp³-hybridized carbons (Fsp3) is 0.150. The van der Waals surface area contributed by atoms with Gasteiger partial charge in [-0.25, -0.2) is 4.98 Å². The third kappa shape index (κ3) is 4.16. The lowest BCUT2D eigenvalue weighted by molar-refractivity contribution is 0.102. The van der Waals surface area contributed by atoms with Crippen LogP contribution in [0.25, 0.3) is 0 Å². The van der Waals surface area contributed by atoms with E-state index >= 15 is 0 Å². The standard InChI is InChI=1S/C20H19N3O3/c1-13-5-3-4-6-16(13)22-20(25)17-12-19(24)23-18(21-17)11-14-7-9-15(26-2)10-8-14/h3-10,12H,11H2,1-2H3,(H,22,25)(H,21,23,24). The van der Waals surface area contributed by atoms with Crippen LogP contribution in [-0.2, 0) is 6.42 Å². The third-order valence-corrected chi connectivity index (χ3v) is 3.95. The summed E-state index contributed by atoms with van der Waals surface area (Å²) < 4.78 is 5.13. The fourth-order valence-corrected chi connectivity index (χ4v) is 2.54. The van der Waals surface area contributed by atoms with E-state index < -0.39 is 5.91 Å². The number of aromatic nitrogens is 2. The Morgan fingerprint density at radius 3 is 2.58 bits per heavy atom. The van der Waals surface area contributed by atoms with E-state index in [9.17, 15) is 9.59 Å². The van der Waals surface area contributed by atoms with E-state index in [-0.39, 0.29) is 11.3 Å². The molecule has 0 bridgehead atoms. The van der Waals surface area contributed by atoms with Crippen LogP contribution < -0.4 is 15.6 Å². The predicted molar refractivity (Wildman–Crippen MR) is 99.8 cm³/mol. The number of ether oxygens (including phenoxy) is 1. The molecule has 0 unspecified atom stereocenters. The molecule has 132 valence electrons. The lowest BCUT2D eigenvalue weighted by Gasteiger charge is -2.08. The van der Waals surface area contributed by atoms with Crippen LogP contribution in [0.2, 0.25) is 0 Å². The van der Waals surface area contributed by atoms with Crippen molar-refractivity contribution in [3.05, 3.63) is 87.6 Å². The first kappa shape index (κ1) is 17.4. The van der Waals surface area contributed by atoms with E-state index in [0.29, 0.717) is 17.9 Å². The molecule has 0 aliphatic rings. The molecule has 0 atom stereocenters. The van der Waals surface area contributed by atoms with Crippen LogP contribution in [0.5, 0.6) is 5.75 Å². The van der Waals surface area contributed by atoms with Crippen molar-refractivity contribution < 1.29 is 9.53 Å². The summed E-state index contributed by atoms with van der Waals surface area (Å²) in [7, 11) is 1.60. The summed E-state index contributed by atoms with van der Waals surface area (Å²) in [5.74, 6) is 0.764. The van der Waals surface area contributed by atoms with Crippen LogP contribution in [0, 0.1) is 6.92 Å². The highest BCUT2D eigenvalue weighted by Crippen LogP contribution is 2.15. The molecule has 0 saturated heterocycles. The Labute approximate surface area is 150 Å². The molecule has 1 aromatic heterocycles. The zero-order chi connectivity index (χ0) is 18.5. The average molecular weight is 349 g/mol. The minimum Gasteiger partial charge on any atom is -0.497 e. The maximum atomic E-state index is 12.5. The number of aryl methyl sites for hydroxylation is 1. The number of hydrogen-bond donors (Lipinski definition) is 2. The van der Waals surface area contributed by atoms with Gasteiger partial charge in [-0.05, 0) is 36.2 Å². The van der Waals surface area contributed by atoms with Gasteiger partial charge >= 0.3 is 0 Å². The number of H-pyrrole nitrogens is 1. The fourth-order valence-electron chi connectivity index (χ4n) is 2.54. The third-order valence-electron chi connectivity index (χ3n) is 3.95. The molecule has 2 N–H and O–H groups in total. The molecule has 0 radical (unpaired) electrons. The van der Waals surface area contributed by atoms with Gasteiger partial charge in [-0.15, -0.1) is 0 Å². The number of hydrogen-bond acceptors (Lipinski definition) is 4. The topological polar surface area (TPSA) is 84.1 Å². The Morgan fingerprint density at radius 1 is 1.15 bits per heavy atom. The van der Waals surface area contributed by atoms with Crippen molar-refractivity contribution in [3.8, 4) is 5.75 Å². The van der Waals surface area contributed by atoms with Gasteiger partial charge in [-0.1, -0.05) is 30.3 Å². The Balaban J connectivity index is 1.81. The number of benzene rings is 2. The summed E-state index contributed by atoms with van der Waals surface area (Å²) in [4.78, 5) is 31.4. The second-order valence-corrected chi connectivity index (χ2v) is 5.87. The van der Waals surface area contributed by atoms with Gasteiger partial charge in [-0.3, -0.25) is 9.59 Å². The number of rotatable bonds is 5. The Bertz CT molecular complexity index is 978. The summed E-state index contributed by atoms with van der Waals surface area (Å²) in [5.41, 5.74) is 2.30. The van der Waals surface area contributed by atoms with Gasteiger partial charge in [0.25, 0.3) is 11.5 Å². The van der Waals surface area contributed by atoms with Crippen LogP contribution in [-0.4, -0.2) is 23.0 Å². The zero-order valence-electron chi connectivity index (χ0n) is 14.6. The first-order valence-corrected chi connectivity index (χ1v) is 8.15. The number of amides is 1. The molecule has 0 spiro atoms.